The first-order valence-electron chi connectivity index (χ1n) is 5.36. The van der Waals surface area contributed by atoms with Gasteiger partial charge in [-0.05, 0) is 40.0 Å². The lowest BCUT2D eigenvalue weighted by atomic mass is 10.1. The standard InChI is InChI=1S/C13H12BrClN2/c1-8(2)11-7-12(17-13(14)16-11)9-4-3-5-10(15)6-9/h3-8H,1-2H3. The second kappa shape index (κ2) is 5.15. The van der Waals surface area contributed by atoms with Crippen LogP contribution in [0.5, 0.6) is 0 Å². The number of aromatic nitrogens is 2. The molecule has 0 bridgehead atoms. The maximum Gasteiger partial charge on any atom is 0.197 e. The average Bonchev–Trinajstić information content (AvgIpc) is 2.28. The van der Waals surface area contributed by atoms with Crippen molar-refractivity contribution in [3.8, 4) is 11.3 Å². The monoisotopic (exact) mass is 310 g/mol. The predicted molar refractivity (Wildman–Crippen MR) is 74.3 cm³/mol. The highest BCUT2D eigenvalue weighted by atomic mass is 79.9. The van der Waals surface area contributed by atoms with Crippen LogP contribution in [-0.4, -0.2) is 9.97 Å². The number of hydrogen-bond acceptors (Lipinski definition) is 2. The quantitative estimate of drug-likeness (QED) is 0.752. The minimum atomic E-state index is 0.368. The molecule has 0 N–H and O–H groups in total. The van der Waals surface area contributed by atoms with E-state index in [2.05, 4.69) is 39.7 Å². The fourth-order valence-corrected chi connectivity index (χ4v) is 2.11. The van der Waals surface area contributed by atoms with E-state index < -0.39 is 0 Å². The number of halogens is 2. The summed E-state index contributed by atoms with van der Waals surface area (Å²) in [6, 6.07) is 9.67. The Morgan fingerprint density at radius 2 is 1.94 bits per heavy atom. The van der Waals surface area contributed by atoms with E-state index in [1.54, 1.807) is 0 Å². The molecule has 17 heavy (non-hydrogen) atoms. The lowest BCUT2D eigenvalue weighted by Gasteiger charge is -2.08. The summed E-state index contributed by atoms with van der Waals surface area (Å²) in [5, 5.41) is 0.711. The highest BCUT2D eigenvalue weighted by Gasteiger charge is 2.08. The summed E-state index contributed by atoms with van der Waals surface area (Å²) in [7, 11) is 0. The summed E-state index contributed by atoms with van der Waals surface area (Å²) in [5.41, 5.74) is 2.91. The van der Waals surface area contributed by atoms with Gasteiger partial charge in [-0.15, -0.1) is 0 Å². The molecule has 0 fully saturated rings. The van der Waals surface area contributed by atoms with Gasteiger partial charge in [-0.2, -0.15) is 0 Å². The SMILES string of the molecule is CC(C)c1cc(-c2cccc(Cl)c2)nc(Br)n1. The molecule has 0 radical (unpaired) electrons. The van der Waals surface area contributed by atoms with Crippen molar-refractivity contribution in [2.75, 3.05) is 0 Å². The van der Waals surface area contributed by atoms with E-state index in [4.69, 9.17) is 11.6 Å². The first kappa shape index (κ1) is 12.5. The Morgan fingerprint density at radius 3 is 2.59 bits per heavy atom. The van der Waals surface area contributed by atoms with Crippen molar-refractivity contribution in [3.05, 3.63) is 45.8 Å². The van der Waals surface area contributed by atoms with Crippen molar-refractivity contribution in [2.24, 2.45) is 0 Å². The molecule has 1 heterocycles. The Bertz CT molecular complexity index is 541. The highest BCUT2D eigenvalue weighted by molar-refractivity contribution is 9.10. The van der Waals surface area contributed by atoms with Gasteiger partial charge in [-0.25, -0.2) is 9.97 Å². The molecule has 0 atom stereocenters. The molecule has 2 rings (SSSR count). The van der Waals surface area contributed by atoms with Gasteiger partial charge in [-0.3, -0.25) is 0 Å². The smallest absolute Gasteiger partial charge is 0.197 e. The van der Waals surface area contributed by atoms with Gasteiger partial charge in [0.05, 0.1) is 5.69 Å². The second-order valence-electron chi connectivity index (χ2n) is 4.11. The molecule has 2 aromatic rings. The summed E-state index contributed by atoms with van der Waals surface area (Å²) in [6.45, 7) is 4.22. The molecule has 0 aliphatic carbocycles. The van der Waals surface area contributed by atoms with E-state index in [0.29, 0.717) is 15.7 Å². The van der Waals surface area contributed by atoms with Crippen molar-refractivity contribution in [1.29, 1.82) is 0 Å². The van der Waals surface area contributed by atoms with Crippen LogP contribution in [0.15, 0.2) is 35.1 Å². The van der Waals surface area contributed by atoms with Crippen LogP contribution in [0.25, 0.3) is 11.3 Å². The Balaban J connectivity index is 2.52. The molecule has 0 spiro atoms. The van der Waals surface area contributed by atoms with Crippen molar-refractivity contribution in [2.45, 2.75) is 19.8 Å². The zero-order chi connectivity index (χ0) is 12.4. The zero-order valence-electron chi connectivity index (χ0n) is 9.61. The van der Waals surface area contributed by atoms with E-state index in [1.165, 1.54) is 0 Å². The molecule has 2 nitrogen and oxygen atoms in total. The molecule has 4 heteroatoms. The van der Waals surface area contributed by atoms with Crippen molar-refractivity contribution in [1.82, 2.24) is 9.97 Å². The van der Waals surface area contributed by atoms with Gasteiger partial charge in [-0.1, -0.05) is 37.6 Å². The molecule has 1 aromatic heterocycles. The molecule has 0 saturated heterocycles. The molecule has 0 aliphatic heterocycles. The fourth-order valence-electron chi connectivity index (χ4n) is 1.53. The Morgan fingerprint density at radius 1 is 1.18 bits per heavy atom. The van der Waals surface area contributed by atoms with Crippen molar-refractivity contribution in [3.63, 3.8) is 0 Å². The lowest BCUT2D eigenvalue weighted by Crippen LogP contribution is -1.97. The minimum absolute atomic E-state index is 0.368. The molecular formula is C13H12BrClN2. The summed E-state index contributed by atoms with van der Waals surface area (Å²) in [5.74, 6) is 0.368. The maximum atomic E-state index is 5.98. The third-order valence-corrected chi connectivity index (χ3v) is 3.02. The largest absolute Gasteiger partial charge is 0.227 e. The summed E-state index contributed by atoms with van der Waals surface area (Å²) >= 11 is 9.32. The number of rotatable bonds is 2. The normalized spacial score (nSPS) is 10.9. The van der Waals surface area contributed by atoms with E-state index in [1.807, 2.05) is 30.3 Å². The highest BCUT2D eigenvalue weighted by Crippen LogP contribution is 2.24. The van der Waals surface area contributed by atoms with Crippen LogP contribution in [0.3, 0.4) is 0 Å². The van der Waals surface area contributed by atoms with Crippen molar-refractivity contribution < 1.29 is 0 Å². The summed E-state index contributed by atoms with van der Waals surface area (Å²) in [6.07, 6.45) is 0. The van der Waals surface area contributed by atoms with E-state index in [9.17, 15) is 0 Å². The third kappa shape index (κ3) is 3.05. The van der Waals surface area contributed by atoms with Crippen LogP contribution in [0.1, 0.15) is 25.5 Å². The number of benzene rings is 1. The minimum Gasteiger partial charge on any atom is -0.227 e. The van der Waals surface area contributed by atoms with Gasteiger partial charge >= 0.3 is 0 Å². The van der Waals surface area contributed by atoms with Gasteiger partial charge in [0.15, 0.2) is 4.73 Å². The Kier molecular flexibility index (Phi) is 3.79. The fraction of sp³-hybridized carbons (Fsp3) is 0.231. The van der Waals surface area contributed by atoms with E-state index in [0.717, 1.165) is 17.0 Å². The Labute approximate surface area is 114 Å². The molecule has 0 saturated carbocycles. The van der Waals surface area contributed by atoms with Gasteiger partial charge in [0.1, 0.15) is 0 Å². The van der Waals surface area contributed by atoms with Gasteiger partial charge < -0.3 is 0 Å². The van der Waals surface area contributed by atoms with Gasteiger partial charge in [0, 0.05) is 16.3 Å². The molecular weight excluding hydrogens is 300 g/mol. The first-order chi connectivity index (χ1) is 8.06. The van der Waals surface area contributed by atoms with Crippen LogP contribution in [0.2, 0.25) is 5.02 Å². The van der Waals surface area contributed by atoms with Gasteiger partial charge in [0.25, 0.3) is 0 Å². The van der Waals surface area contributed by atoms with Crippen LogP contribution in [0, 0.1) is 0 Å². The van der Waals surface area contributed by atoms with E-state index in [-0.39, 0.29) is 0 Å². The molecule has 0 aliphatic rings. The predicted octanol–water partition coefficient (Wildman–Crippen LogP) is 4.68. The molecule has 0 unspecified atom stereocenters. The van der Waals surface area contributed by atoms with Gasteiger partial charge in [0.2, 0.25) is 0 Å². The molecule has 1 aromatic carbocycles. The van der Waals surface area contributed by atoms with Crippen molar-refractivity contribution >= 4 is 27.5 Å². The summed E-state index contributed by atoms with van der Waals surface area (Å²) < 4.78 is 0.610. The zero-order valence-corrected chi connectivity index (χ0v) is 12.0. The van der Waals surface area contributed by atoms with Crippen LogP contribution < -0.4 is 0 Å². The maximum absolute atomic E-state index is 5.98. The second-order valence-corrected chi connectivity index (χ2v) is 5.26. The third-order valence-electron chi connectivity index (χ3n) is 2.43. The molecule has 0 amide bonds. The average molecular weight is 312 g/mol. The summed E-state index contributed by atoms with van der Waals surface area (Å²) in [4.78, 5) is 8.73. The Hall–Kier alpha value is -0.930. The van der Waals surface area contributed by atoms with E-state index >= 15 is 0 Å². The topological polar surface area (TPSA) is 25.8 Å². The van der Waals surface area contributed by atoms with Crippen LogP contribution in [0.4, 0.5) is 0 Å². The number of nitrogens with zero attached hydrogens (tertiary/aromatic N) is 2. The number of hydrogen-bond donors (Lipinski definition) is 0. The van der Waals surface area contributed by atoms with Crippen LogP contribution in [-0.2, 0) is 0 Å². The molecule has 88 valence electrons. The lowest BCUT2D eigenvalue weighted by molar-refractivity contribution is 0.808. The van der Waals surface area contributed by atoms with Crippen LogP contribution >= 0.6 is 27.5 Å². The first-order valence-corrected chi connectivity index (χ1v) is 6.54.